The first-order valence-electron chi connectivity index (χ1n) is 6.30. The standard InChI is InChI=1S/C14H12IN5O/c15-12-13(17-9-18-14(12)21)16-8-10-4-1-2-5-11(10)20-7-3-6-19-20/h1-7,9H,8H2,(H2,16,17,18,21). The first kappa shape index (κ1) is 13.8. The molecule has 0 amide bonds. The molecule has 21 heavy (non-hydrogen) atoms. The van der Waals surface area contributed by atoms with Crippen LogP contribution in [0.25, 0.3) is 5.69 Å². The summed E-state index contributed by atoms with van der Waals surface area (Å²) in [6, 6.07) is 9.84. The summed E-state index contributed by atoms with van der Waals surface area (Å²) in [5.41, 5.74) is 1.92. The van der Waals surface area contributed by atoms with Gasteiger partial charge in [0, 0.05) is 18.9 Å². The maximum atomic E-state index is 11.5. The minimum absolute atomic E-state index is 0.145. The molecule has 0 aliphatic rings. The molecule has 0 aliphatic heterocycles. The third kappa shape index (κ3) is 2.97. The number of hydrogen-bond acceptors (Lipinski definition) is 4. The van der Waals surface area contributed by atoms with Gasteiger partial charge in [-0.1, -0.05) is 18.2 Å². The average molecular weight is 393 g/mol. The van der Waals surface area contributed by atoms with Gasteiger partial charge in [-0.25, -0.2) is 9.67 Å². The van der Waals surface area contributed by atoms with Gasteiger partial charge in [0.15, 0.2) is 0 Å². The minimum Gasteiger partial charge on any atom is -0.365 e. The molecule has 0 fully saturated rings. The molecule has 3 rings (SSSR count). The second kappa shape index (κ2) is 6.08. The van der Waals surface area contributed by atoms with Crippen molar-refractivity contribution < 1.29 is 0 Å². The Hall–Kier alpha value is -2.16. The number of H-pyrrole nitrogens is 1. The maximum Gasteiger partial charge on any atom is 0.266 e. The average Bonchev–Trinajstić information content (AvgIpc) is 3.03. The molecule has 0 bridgehead atoms. The molecule has 2 heterocycles. The topological polar surface area (TPSA) is 75.6 Å². The highest BCUT2D eigenvalue weighted by molar-refractivity contribution is 14.1. The van der Waals surface area contributed by atoms with E-state index in [-0.39, 0.29) is 5.56 Å². The van der Waals surface area contributed by atoms with E-state index in [1.807, 2.05) is 63.8 Å². The van der Waals surface area contributed by atoms with Gasteiger partial charge in [-0.05, 0) is 40.3 Å². The van der Waals surface area contributed by atoms with Crippen LogP contribution in [-0.4, -0.2) is 19.7 Å². The number of hydrogen-bond donors (Lipinski definition) is 2. The number of halogens is 1. The monoisotopic (exact) mass is 393 g/mol. The van der Waals surface area contributed by atoms with E-state index in [0.717, 1.165) is 11.3 Å². The van der Waals surface area contributed by atoms with Crippen LogP contribution in [-0.2, 0) is 6.54 Å². The van der Waals surface area contributed by atoms with Gasteiger partial charge in [0.05, 0.1) is 12.0 Å². The lowest BCUT2D eigenvalue weighted by atomic mass is 10.2. The van der Waals surface area contributed by atoms with Gasteiger partial charge in [-0.2, -0.15) is 5.10 Å². The number of benzene rings is 1. The summed E-state index contributed by atoms with van der Waals surface area (Å²) < 4.78 is 2.36. The predicted molar refractivity (Wildman–Crippen MR) is 88.5 cm³/mol. The zero-order chi connectivity index (χ0) is 14.7. The fraction of sp³-hybridized carbons (Fsp3) is 0.0714. The van der Waals surface area contributed by atoms with Gasteiger partial charge in [0.1, 0.15) is 9.39 Å². The smallest absolute Gasteiger partial charge is 0.266 e. The lowest BCUT2D eigenvalue weighted by molar-refractivity contribution is 0.863. The van der Waals surface area contributed by atoms with E-state index >= 15 is 0 Å². The second-order valence-electron chi connectivity index (χ2n) is 4.33. The highest BCUT2D eigenvalue weighted by Gasteiger charge is 2.07. The van der Waals surface area contributed by atoms with E-state index in [1.165, 1.54) is 6.33 Å². The van der Waals surface area contributed by atoms with Crippen LogP contribution in [0, 0.1) is 3.57 Å². The Morgan fingerprint density at radius 3 is 2.95 bits per heavy atom. The highest BCUT2D eigenvalue weighted by atomic mass is 127. The first-order chi connectivity index (χ1) is 10.3. The van der Waals surface area contributed by atoms with E-state index < -0.39 is 0 Å². The summed E-state index contributed by atoms with van der Waals surface area (Å²) in [7, 11) is 0. The fourth-order valence-corrected chi connectivity index (χ4v) is 2.47. The second-order valence-corrected chi connectivity index (χ2v) is 5.41. The molecule has 0 aliphatic carbocycles. The van der Waals surface area contributed by atoms with Crippen LogP contribution in [0.1, 0.15) is 5.56 Å². The quantitative estimate of drug-likeness (QED) is 0.667. The number of para-hydroxylation sites is 1. The molecule has 7 heteroatoms. The fourth-order valence-electron chi connectivity index (χ4n) is 1.98. The molecule has 106 valence electrons. The molecule has 3 aromatic rings. The molecule has 0 atom stereocenters. The van der Waals surface area contributed by atoms with Crippen LogP contribution in [0.2, 0.25) is 0 Å². The normalized spacial score (nSPS) is 10.5. The zero-order valence-electron chi connectivity index (χ0n) is 11.0. The summed E-state index contributed by atoms with van der Waals surface area (Å²) in [6.45, 7) is 0.558. The third-order valence-electron chi connectivity index (χ3n) is 2.99. The lowest BCUT2D eigenvalue weighted by Gasteiger charge is -2.11. The van der Waals surface area contributed by atoms with Crippen LogP contribution >= 0.6 is 22.6 Å². The third-order valence-corrected chi connectivity index (χ3v) is 3.99. The van der Waals surface area contributed by atoms with E-state index in [1.54, 1.807) is 6.20 Å². The summed E-state index contributed by atoms with van der Waals surface area (Å²) in [5, 5.41) is 7.44. The van der Waals surface area contributed by atoms with Crippen LogP contribution in [0.15, 0.2) is 53.8 Å². The molecule has 6 nitrogen and oxygen atoms in total. The molecule has 0 unspecified atom stereocenters. The molecule has 0 saturated carbocycles. The van der Waals surface area contributed by atoms with Crippen molar-refractivity contribution in [2.45, 2.75) is 6.54 Å². The lowest BCUT2D eigenvalue weighted by Crippen LogP contribution is -2.15. The summed E-state index contributed by atoms with van der Waals surface area (Å²) in [5.74, 6) is 0.578. The Morgan fingerprint density at radius 2 is 2.14 bits per heavy atom. The maximum absolute atomic E-state index is 11.5. The molecule has 0 spiro atoms. The number of aromatic nitrogens is 4. The van der Waals surface area contributed by atoms with Gasteiger partial charge < -0.3 is 10.3 Å². The number of aromatic amines is 1. The van der Waals surface area contributed by atoms with Crippen molar-refractivity contribution in [3.05, 3.63) is 68.5 Å². The summed E-state index contributed by atoms with van der Waals surface area (Å²) >= 11 is 1.98. The molecule has 1 aromatic carbocycles. The van der Waals surface area contributed by atoms with Crippen molar-refractivity contribution in [1.29, 1.82) is 0 Å². The molecular formula is C14H12IN5O. The van der Waals surface area contributed by atoms with Crippen LogP contribution in [0.4, 0.5) is 5.82 Å². The first-order valence-corrected chi connectivity index (χ1v) is 7.38. The van der Waals surface area contributed by atoms with Crippen LogP contribution in [0.3, 0.4) is 0 Å². The molecule has 0 saturated heterocycles. The van der Waals surface area contributed by atoms with Crippen LogP contribution < -0.4 is 10.9 Å². The van der Waals surface area contributed by atoms with Gasteiger partial charge in [0.2, 0.25) is 0 Å². The van der Waals surface area contributed by atoms with Gasteiger partial charge in [-0.3, -0.25) is 4.79 Å². The van der Waals surface area contributed by atoms with Crippen molar-refractivity contribution >= 4 is 28.4 Å². The van der Waals surface area contributed by atoms with Crippen LogP contribution in [0.5, 0.6) is 0 Å². The largest absolute Gasteiger partial charge is 0.365 e. The van der Waals surface area contributed by atoms with Gasteiger partial charge >= 0.3 is 0 Å². The van der Waals surface area contributed by atoms with Crippen molar-refractivity contribution in [1.82, 2.24) is 19.7 Å². The Bertz CT molecular complexity index is 797. The van der Waals surface area contributed by atoms with E-state index in [0.29, 0.717) is 15.9 Å². The Kier molecular flexibility index (Phi) is 4.00. The number of nitrogens with zero attached hydrogens (tertiary/aromatic N) is 3. The van der Waals surface area contributed by atoms with Crippen molar-refractivity contribution in [2.24, 2.45) is 0 Å². The molecule has 2 N–H and O–H groups in total. The SMILES string of the molecule is O=c1[nH]cnc(NCc2ccccc2-n2cccn2)c1I. The van der Waals surface area contributed by atoms with E-state index in [2.05, 4.69) is 20.4 Å². The molecule has 0 radical (unpaired) electrons. The van der Waals surface area contributed by atoms with E-state index in [9.17, 15) is 4.79 Å². The van der Waals surface area contributed by atoms with Crippen molar-refractivity contribution in [2.75, 3.05) is 5.32 Å². The van der Waals surface area contributed by atoms with Crippen molar-refractivity contribution in [3.8, 4) is 5.69 Å². The Morgan fingerprint density at radius 1 is 1.29 bits per heavy atom. The van der Waals surface area contributed by atoms with Crippen molar-refractivity contribution in [3.63, 3.8) is 0 Å². The summed E-state index contributed by atoms with van der Waals surface area (Å²) in [6.07, 6.45) is 5.03. The number of nitrogens with one attached hydrogen (secondary N) is 2. The zero-order valence-corrected chi connectivity index (χ0v) is 13.1. The predicted octanol–water partition coefficient (Wildman–Crippen LogP) is 2.17. The molecule has 2 aromatic heterocycles. The minimum atomic E-state index is -0.145. The van der Waals surface area contributed by atoms with E-state index in [4.69, 9.17) is 0 Å². The van der Waals surface area contributed by atoms with Gasteiger partial charge in [-0.15, -0.1) is 0 Å². The number of rotatable bonds is 4. The highest BCUT2D eigenvalue weighted by Crippen LogP contribution is 2.16. The Labute approximate surface area is 134 Å². The summed E-state index contributed by atoms with van der Waals surface area (Å²) in [4.78, 5) is 18.2. The molecular weight excluding hydrogens is 381 g/mol. The number of anilines is 1. The Balaban J connectivity index is 1.86. The van der Waals surface area contributed by atoms with Gasteiger partial charge in [0.25, 0.3) is 5.56 Å².